The summed E-state index contributed by atoms with van der Waals surface area (Å²) in [7, 11) is 0. The molecule has 13 heavy (non-hydrogen) atoms. The normalized spacial score (nSPS) is 10.5. The van der Waals surface area contributed by atoms with Gasteiger partial charge in [-0.25, -0.2) is 13.8 Å². The number of carbonyl (C=O) groups is 1. The van der Waals surface area contributed by atoms with Gasteiger partial charge in [0.1, 0.15) is 0 Å². The largest absolute Gasteiger partial charge is 0.505 e. The number of aromatic hydroxyl groups is 1. The number of nitrogens with zero attached hydrogens (tertiary/aromatic N) is 1. The Balaban J connectivity index is 3.35. The van der Waals surface area contributed by atoms with Crippen LogP contribution < -0.4 is 0 Å². The summed E-state index contributed by atoms with van der Waals surface area (Å²) in [6.45, 7) is 0. The minimum absolute atomic E-state index is 0.0754. The van der Waals surface area contributed by atoms with E-state index in [1.807, 2.05) is 0 Å². The molecule has 0 spiro atoms. The second-order valence-electron chi connectivity index (χ2n) is 2.19. The number of alkyl halides is 2. The van der Waals surface area contributed by atoms with Crippen molar-refractivity contribution in [1.82, 2.24) is 4.98 Å². The van der Waals surface area contributed by atoms with Crippen LogP contribution in [-0.2, 0) is 0 Å². The molecule has 0 aliphatic rings. The molecule has 0 aliphatic heterocycles. The van der Waals surface area contributed by atoms with Crippen molar-refractivity contribution < 1.29 is 23.1 Å². The maximum Gasteiger partial charge on any atom is 0.284 e. The monoisotopic (exact) mass is 191 g/mol. The highest BCUT2D eigenvalue weighted by Crippen LogP contribution is 2.28. The molecule has 1 aromatic heterocycles. The zero-order valence-corrected chi connectivity index (χ0v) is 6.17. The van der Waals surface area contributed by atoms with E-state index in [1.54, 1.807) is 0 Å². The van der Waals surface area contributed by atoms with E-state index < -0.39 is 29.4 Å². The molecule has 1 aromatic rings. The van der Waals surface area contributed by atoms with Crippen LogP contribution in [0.15, 0.2) is 6.07 Å². The third-order valence-corrected chi connectivity index (χ3v) is 1.35. The van der Waals surface area contributed by atoms with E-state index in [9.17, 15) is 18.0 Å². The Hall–Kier alpha value is -1.59. The molecule has 0 bridgehead atoms. The first kappa shape index (κ1) is 9.50. The smallest absolute Gasteiger partial charge is 0.284 e. The number of pyridine rings is 1. The Morgan fingerprint density at radius 3 is 2.62 bits per heavy atom. The molecule has 0 unspecified atom stereocenters. The number of hydrogen-bond acceptors (Lipinski definition) is 3. The number of hydrogen-bond donors (Lipinski definition) is 1. The number of aldehydes is 1. The number of aromatic nitrogens is 1. The van der Waals surface area contributed by atoms with Gasteiger partial charge in [0, 0.05) is 6.07 Å². The predicted molar refractivity (Wildman–Crippen MR) is 36.2 cm³/mol. The topological polar surface area (TPSA) is 50.2 Å². The summed E-state index contributed by atoms with van der Waals surface area (Å²) in [4.78, 5) is 12.9. The third-order valence-electron chi connectivity index (χ3n) is 1.35. The van der Waals surface area contributed by atoms with Crippen molar-refractivity contribution >= 4 is 6.29 Å². The van der Waals surface area contributed by atoms with Gasteiger partial charge in [-0.3, -0.25) is 4.79 Å². The Bertz CT molecular complexity index is 341. The molecule has 1 N–H and O–H groups in total. The Morgan fingerprint density at radius 2 is 2.15 bits per heavy atom. The first-order chi connectivity index (χ1) is 6.06. The van der Waals surface area contributed by atoms with Crippen LogP contribution in [0.5, 0.6) is 5.75 Å². The predicted octanol–water partition coefficient (Wildman–Crippen LogP) is 1.68. The Morgan fingerprint density at radius 1 is 1.54 bits per heavy atom. The van der Waals surface area contributed by atoms with Crippen molar-refractivity contribution in [2.24, 2.45) is 0 Å². The van der Waals surface area contributed by atoms with Crippen LogP contribution in [0, 0.1) is 5.95 Å². The summed E-state index contributed by atoms with van der Waals surface area (Å²) in [6, 6.07) is 0.578. The molecule has 3 nitrogen and oxygen atoms in total. The van der Waals surface area contributed by atoms with Gasteiger partial charge in [-0.1, -0.05) is 0 Å². The lowest BCUT2D eigenvalue weighted by molar-refractivity contribution is 0.111. The van der Waals surface area contributed by atoms with Gasteiger partial charge < -0.3 is 5.11 Å². The lowest BCUT2D eigenvalue weighted by Crippen LogP contribution is -1.97. The van der Waals surface area contributed by atoms with E-state index in [-0.39, 0.29) is 6.29 Å². The molecule has 70 valence electrons. The molecular formula is C7H4F3NO2. The molecule has 0 amide bonds. The fourth-order valence-corrected chi connectivity index (χ4v) is 0.787. The zero-order chi connectivity index (χ0) is 10.0. The first-order valence-corrected chi connectivity index (χ1v) is 3.19. The van der Waals surface area contributed by atoms with Crippen LogP contribution in [-0.4, -0.2) is 16.4 Å². The van der Waals surface area contributed by atoms with Crippen molar-refractivity contribution in [1.29, 1.82) is 0 Å². The second kappa shape index (κ2) is 3.42. The van der Waals surface area contributed by atoms with Crippen molar-refractivity contribution in [2.45, 2.75) is 6.43 Å². The summed E-state index contributed by atoms with van der Waals surface area (Å²) in [5, 5.41) is 8.94. The molecular weight excluding hydrogens is 187 g/mol. The van der Waals surface area contributed by atoms with Crippen LogP contribution >= 0.6 is 0 Å². The number of halogens is 3. The van der Waals surface area contributed by atoms with Crippen LogP contribution in [0.3, 0.4) is 0 Å². The second-order valence-corrected chi connectivity index (χ2v) is 2.19. The van der Waals surface area contributed by atoms with Crippen LogP contribution in [0.4, 0.5) is 13.2 Å². The molecule has 0 atom stereocenters. The van der Waals surface area contributed by atoms with Gasteiger partial charge in [0.15, 0.2) is 17.7 Å². The average molecular weight is 191 g/mol. The molecule has 0 saturated carbocycles. The molecule has 0 fully saturated rings. The summed E-state index contributed by atoms with van der Waals surface area (Å²) in [6.07, 6.45) is -3.04. The van der Waals surface area contributed by atoms with Gasteiger partial charge in [-0.2, -0.15) is 4.39 Å². The van der Waals surface area contributed by atoms with Crippen molar-refractivity contribution in [3.8, 4) is 5.75 Å². The fourth-order valence-electron chi connectivity index (χ4n) is 0.787. The average Bonchev–Trinajstić information content (AvgIpc) is 2.08. The van der Waals surface area contributed by atoms with E-state index in [4.69, 9.17) is 5.11 Å². The van der Waals surface area contributed by atoms with E-state index >= 15 is 0 Å². The fraction of sp³-hybridized carbons (Fsp3) is 0.143. The van der Waals surface area contributed by atoms with E-state index in [0.717, 1.165) is 0 Å². The van der Waals surface area contributed by atoms with Gasteiger partial charge in [0.25, 0.3) is 6.43 Å². The summed E-state index contributed by atoms with van der Waals surface area (Å²) in [5.41, 5.74) is -1.66. The van der Waals surface area contributed by atoms with Crippen LogP contribution in [0.1, 0.15) is 22.5 Å². The van der Waals surface area contributed by atoms with E-state index in [1.165, 1.54) is 0 Å². The lowest BCUT2D eigenvalue weighted by atomic mass is 10.2. The van der Waals surface area contributed by atoms with Crippen molar-refractivity contribution in [2.75, 3.05) is 0 Å². The molecule has 1 heterocycles. The standard InChI is InChI=1S/C7H4F3NO2/c8-4-1-3(2-12)6(13)5(11-4)7(9)10/h1-2,7,13H. The van der Waals surface area contributed by atoms with Crippen molar-refractivity contribution in [3.05, 3.63) is 23.3 Å². The summed E-state index contributed by atoms with van der Waals surface area (Å²) < 4.78 is 36.5. The Labute approximate surface area is 70.8 Å². The summed E-state index contributed by atoms with van der Waals surface area (Å²) >= 11 is 0. The SMILES string of the molecule is O=Cc1cc(F)nc(C(F)F)c1O. The molecule has 0 aromatic carbocycles. The molecule has 6 heteroatoms. The molecule has 0 saturated heterocycles. The van der Waals surface area contributed by atoms with Gasteiger partial charge in [-0.05, 0) is 0 Å². The summed E-state index contributed by atoms with van der Waals surface area (Å²) in [5.74, 6) is -2.21. The van der Waals surface area contributed by atoms with Gasteiger partial charge in [0.2, 0.25) is 5.95 Å². The van der Waals surface area contributed by atoms with Crippen LogP contribution in [0.25, 0.3) is 0 Å². The first-order valence-electron chi connectivity index (χ1n) is 3.19. The van der Waals surface area contributed by atoms with Gasteiger partial charge in [0.05, 0.1) is 5.56 Å². The number of carbonyl (C=O) groups excluding carboxylic acids is 1. The number of rotatable bonds is 2. The minimum Gasteiger partial charge on any atom is -0.505 e. The van der Waals surface area contributed by atoms with E-state index in [2.05, 4.69) is 4.98 Å². The van der Waals surface area contributed by atoms with E-state index in [0.29, 0.717) is 6.07 Å². The van der Waals surface area contributed by atoms with Gasteiger partial charge >= 0.3 is 0 Å². The zero-order valence-electron chi connectivity index (χ0n) is 6.17. The highest BCUT2D eigenvalue weighted by Gasteiger charge is 2.19. The van der Waals surface area contributed by atoms with Gasteiger partial charge in [-0.15, -0.1) is 0 Å². The molecule has 1 rings (SSSR count). The lowest BCUT2D eigenvalue weighted by Gasteiger charge is -2.03. The third kappa shape index (κ3) is 1.77. The highest BCUT2D eigenvalue weighted by molar-refractivity contribution is 5.79. The van der Waals surface area contributed by atoms with Crippen molar-refractivity contribution in [3.63, 3.8) is 0 Å². The highest BCUT2D eigenvalue weighted by atomic mass is 19.3. The maximum atomic E-state index is 12.4. The Kier molecular flexibility index (Phi) is 2.50. The maximum absolute atomic E-state index is 12.4. The quantitative estimate of drug-likeness (QED) is 0.571. The molecule has 0 radical (unpaired) electrons. The minimum atomic E-state index is -3.12. The van der Waals surface area contributed by atoms with Crippen LogP contribution in [0.2, 0.25) is 0 Å². The molecule has 0 aliphatic carbocycles.